The Bertz CT molecular complexity index is 968. The van der Waals surface area contributed by atoms with Crippen molar-refractivity contribution >= 4 is 28.8 Å². The fraction of sp³-hybridized carbons (Fsp3) is 0.375. The lowest BCUT2D eigenvalue weighted by Crippen LogP contribution is -2.47. The van der Waals surface area contributed by atoms with E-state index in [1.807, 2.05) is 29.3 Å². The second-order valence-corrected chi connectivity index (χ2v) is 7.28. The Morgan fingerprint density at radius 1 is 1.32 bits per heavy atom. The quantitative estimate of drug-likeness (QED) is 0.497. The minimum absolute atomic E-state index is 0.0220. The average molecular weight is 402 g/mol. The van der Waals surface area contributed by atoms with Crippen molar-refractivity contribution in [1.29, 1.82) is 0 Å². The summed E-state index contributed by atoms with van der Waals surface area (Å²) >= 11 is 1.57. The highest BCUT2D eigenvalue weighted by Gasteiger charge is 2.27. The molecule has 11 nitrogen and oxygen atoms in total. The van der Waals surface area contributed by atoms with Crippen LogP contribution in [0.5, 0.6) is 0 Å². The third-order valence-electron chi connectivity index (χ3n) is 4.67. The molecule has 0 saturated carbocycles. The molecule has 4 heterocycles. The van der Waals surface area contributed by atoms with E-state index in [2.05, 4.69) is 25.0 Å². The van der Waals surface area contributed by atoms with Crippen LogP contribution in [0.2, 0.25) is 0 Å². The zero-order valence-corrected chi connectivity index (χ0v) is 15.9. The Hall–Kier alpha value is -3.12. The summed E-state index contributed by atoms with van der Waals surface area (Å²) in [5.41, 5.74) is 5.38. The first-order valence-electron chi connectivity index (χ1n) is 8.66. The highest BCUT2D eigenvalue weighted by Crippen LogP contribution is 2.27. The van der Waals surface area contributed by atoms with E-state index in [1.54, 1.807) is 11.3 Å². The van der Waals surface area contributed by atoms with Crippen molar-refractivity contribution < 1.29 is 9.45 Å². The van der Waals surface area contributed by atoms with Crippen molar-refractivity contribution in [3.8, 4) is 10.7 Å². The largest absolute Gasteiger partial charge is 0.378 e. The number of hydrogen-bond acceptors (Lipinski definition) is 11. The fourth-order valence-electron chi connectivity index (χ4n) is 3.05. The predicted octanol–water partition coefficient (Wildman–Crippen LogP) is 1.96. The lowest BCUT2D eigenvalue weighted by atomic mass is 10.2. The highest BCUT2D eigenvalue weighted by atomic mass is 32.1. The Morgan fingerprint density at radius 2 is 2.11 bits per heavy atom. The van der Waals surface area contributed by atoms with Crippen LogP contribution in [0.3, 0.4) is 0 Å². The molecule has 1 saturated heterocycles. The van der Waals surface area contributed by atoms with E-state index in [1.165, 1.54) is 0 Å². The van der Waals surface area contributed by atoms with E-state index in [9.17, 15) is 10.1 Å². The summed E-state index contributed by atoms with van der Waals surface area (Å²) in [6, 6.07) is 3.89. The maximum atomic E-state index is 10.8. The summed E-state index contributed by atoms with van der Waals surface area (Å²) in [5.74, 6) is 1.45. The summed E-state index contributed by atoms with van der Waals surface area (Å²) < 4.78 is 5.45. The van der Waals surface area contributed by atoms with Crippen molar-refractivity contribution in [2.75, 3.05) is 36.8 Å². The molecule has 0 aliphatic carbocycles. The number of nitrogen functional groups attached to an aromatic ring is 1. The van der Waals surface area contributed by atoms with E-state index >= 15 is 0 Å². The van der Waals surface area contributed by atoms with Gasteiger partial charge < -0.3 is 15.2 Å². The maximum absolute atomic E-state index is 10.8. The maximum Gasteiger partial charge on any atom is 0.329 e. The van der Waals surface area contributed by atoms with Crippen LogP contribution in [0.4, 0.5) is 17.5 Å². The standard InChI is InChI=1S/C16H18N8O3S/c1-10(15-20-14(21-27-15)12-3-2-8-28-12)22-4-6-23(7-5-22)16-18-9-11(24(25)26)13(17)19-16/h2-3,8-10H,4-7H2,1H3,(H2,17,18,19). The van der Waals surface area contributed by atoms with Gasteiger partial charge in [0, 0.05) is 26.2 Å². The van der Waals surface area contributed by atoms with Gasteiger partial charge in [-0.25, -0.2) is 4.98 Å². The molecule has 0 amide bonds. The van der Waals surface area contributed by atoms with Gasteiger partial charge >= 0.3 is 5.69 Å². The Morgan fingerprint density at radius 3 is 2.75 bits per heavy atom. The van der Waals surface area contributed by atoms with E-state index in [0.717, 1.165) is 24.2 Å². The zero-order valence-electron chi connectivity index (χ0n) is 15.1. The van der Waals surface area contributed by atoms with Crippen LogP contribution in [0.1, 0.15) is 18.9 Å². The van der Waals surface area contributed by atoms with Crippen LogP contribution in [0, 0.1) is 10.1 Å². The van der Waals surface area contributed by atoms with Gasteiger partial charge in [0.1, 0.15) is 6.20 Å². The van der Waals surface area contributed by atoms with Gasteiger partial charge in [-0.2, -0.15) is 9.97 Å². The van der Waals surface area contributed by atoms with E-state index in [4.69, 9.17) is 10.3 Å². The van der Waals surface area contributed by atoms with Crippen LogP contribution < -0.4 is 10.6 Å². The van der Waals surface area contributed by atoms with Crippen molar-refractivity contribution in [2.45, 2.75) is 13.0 Å². The molecule has 3 aromatic heterocycles. The summed E-state index contributed by atoms with van der Waals surface area (Å²) in [6.45, 7) is 4.82. The van der Waals surface area contributed by atoms with Crippen molar-refractivity contribution in [3.05, 3.63) is 39.7 Å². The molecular formula is C16H18N8O3S. The molecule has 28 heavy (non-hydrogen) atoms. The minimum Gasteiger partial charge on any atom is -0.378 e. The average Bonchev–Trinajstić information content (AvgIpc) is 3.39. The summed E-state index contributed by atoms with van der Waals surface area (Å²) in [5, 5.41) is 16.9. The first kappa shape index (κ1) is 18.3. The summed E-state index contributed by atoms with van der Waals surface area (Å²) in [6.07, 6.45) is 1.15. The van der Waals surface area contributed by atoms with Gasteiger partial charge in [0.15, 0.2) is 0 Å². The molecule has 1 fully saturated rings. The first-order chi connectivity index (χ1) is 13.5. The van der Waals surface area contributed by atoms with E-state index in [0.29, 0.717) is 30.8 Å². The number of piperazine rings is 1. The van der Waals surface area contributed by atoms with Gasteiger partial charge in [0.05, 0.1) is 15.8 Å². The smallest absolute Gasteiger partial charge is 0.329 e. The molecule has 3 aromatic rings. The molecule has 12 heteroatoms. The Labute approximate surface area is 164 Å². The molecule has 1 aliphatic rings. The van der Waals surface area contributed by atoms with E-state index in [-0.39, 0.29) is 17.5 Å². The SMILES string of the molecule is CC(c1nc(-c2cccs2)no1)N1CCN(c2ncc([N+](=O)[O-])c(N)n2)CC1. The minimum atomic E-state index is -0.590. The number of nitrogens with zero attached hydrogens (tertiary/aromatic N) is 7. The van der Waals surface area contributed by atoms with Gasteiger partial charge in [-0.1, -0.05) is 11.2 Å². The molecule has 0 spiro atoms. The predicted molar refractivity (Wildman–Crippen MR) is 103 cm³/mol. The zero-order chi connectivity index (χ0) is 19.7. The van der Waals surface area contributed by atoms with Crippen LogP contribution >= 0.6 is 11.3 Å². The lowest BCUT2D eigenvalue weighted by Gasteiger charge is -2.36. The number of nitrogens with two attached hydrogens (primary N) is 1. The van der Waals surface area contributed by atoms with Crippen LogP contribution in [0.15, 0.2) is 28.2 Å². The monoisotopic (exact) mass is 402 g/mol. The summed E-state index contributed by atoms with van der Waals surface area (Å²) in [7, 11) is 0. The van der Waals surface area contributed by atoms with Gasteiger partial charge in [-0.15, -0.1) is 11.3 Å². The number of aromatic nitrogens is 4. The molecule has 1 atom stereocenters. The van der Waals surface area contributed by atoms with Gasteiger partial charge in [-0.05, 0) is 18.4 Å². The van der Waals surface area contributed by atoms with Crippen molar-refractivity contribution in [1.82, 2.24) is 25.0 Å². The second-order valence-electron chi connectivity index (χ2n) is 6.33. The molecule has 0 radical (unpaired) electrons. The molecular weight excluding hydrogens is 384 g/mol. The van der Waals surface area contributed by atoms with Crippen molar-refractivity contribution in [2.24, 2.45) is 0 Å². The molecule has 0 aromatic carbocycles. The van der Waals surface area contributed by atoms with Crippen molar-refractivity contribution in [3.63, 3.8) is 0 Å². The number of anilines is 2. The van der Waals surface area contributed by atoms with Gasteiger partial charge in [0.25, 0.3) is 0 Å². The summed E-state index contributed by atoms with van der Waals surface area (Å²) in [4.78, 5) is 28.1. The molecule has 0 bridgehead atoms. The number of rotatable bonds is 5. The molecule has 146 valence electrons. The van der Waals surface area contributed by atoms with Gasteiger partial charge in [0.2, 0.25) is 23.5 Å². The molecule has 4 rings (SSSR count). The van der Waals surface area contributed by atoms with Gasteiger partial charge in [-0.3, -0.25) is 15.0 Å². The Balaban J connectivity index is 1.40. The highest BCUT2D eigenvalue weighted by molar-refractivity contribution is 7.13. The first-order valence-corrected chi connectivity index (χ1v) is 9.54. The number of nitro groups is 1. The molecule has 1 aliphatic heterocycles. The normalized spacial score (nSPS) is 16.2. The lowest BCUT2D eigenvalue weighted by molar-refractivity contribution is -0.384. The van der Waals surface area contributed by atoms with Crippen LogP contribution in [0.25, 0.3) is 10.7 Å². The Kier molecular flexibility index (Phi) is 4.88. The third kappa shape index (κ3) is 3.51. The molecule has 2 N–H and O–H groups in total. The van der Waals surface area contributed by atoms with Crippen LogP contribution in [-0.2, 0) is 0 Å². The topological polar surface area (TPSA) is 140 Å². The fourth-order valence-corrected chi connectivity index (χ4v) is 3.70. The second kappa shape index (κ2) is 7.48. The molecule has 1 unspecified atom stereocenters. The number of hydrogen-bond donors (Lipinski definition) is 1. The number of thiophene rings is 1. The van der Waals surface area contributed by atoms with E-state index < -0.39 is 4.92 Å². The third-order valence-corrected chi connectivity index (χ3v) is 5.53. The van der Waals surface area contributed by atoms with Crippen LogP contribution in [-0.4, -0.2) is 56.1 Å².